The minimum atomic E-state index is -0.888. The average Bonchev–Trinajstić information content (AvgIpc) is 3.54. The second-order valence-corrected chi connectivity index (χ2v) is 8.59. The van der Waals surface area contributed by atoms with Crippen LogP contribution in [0, 0.1) is 0 Å². The zero-order valence-corrected chi connectivity index (χ0v) is 20.5. The van der Waals surface area contributed by atoms with Crippen molar-refractivity contribution in [1.29, 1.82) is 0 Å². The first kappa shape index (κ1) is 24.2. The number of methoxy groups -OCH3 is 2. The third-order valence-electron chi connectivity index (χ3n) is 6.46. The number of fused-ring (bicyclic) bond motifs is 1. The van der Waals surface area contributed by atoms with Gasteiger partial charge in [-0.15, -0.1) is 0 Å². The first-order valence-corrected chi connectivity index (χ1v) is 11.9. The van der Waals surface area contributed by atoms with Gasteiger partial charge in [0.25, 0.3) is 11.7 Å². The number of carbonyl (C=O) groups is 2. The van der Waals surface area contributed by atoms with Crippen molar-refractivity contribution in [3.63, 3.8) is 0 Å². The van der Waals surface area contributed by atoms with Crippen LogP contribution in [-0.2, 0) is 16.1 Å². The number of hydrogen-bond acceptors (Lipinski definition) is 8. The molecule has 0 radical (unpaired) electrons. The van der Waals surface area contributed by atoms with Gasteiger partial charge in [0.05, 0.1) is 32.2 Å². The fourth-order valence-electron chi connectivity index (χ4n) is 4.75. The molecular weight excluding hydrogens is 478 g/mol. The smallest absolute Gasteiger partial charge is 0.295 e. The van der Waals surface area contributed by atoms with E-state index in [4.69, 9.17) is 18.9 Å². The van der Waals surface area contributed by atoms with E-state index in [1.54, 1.807) is 48.9 Å². The summed E-state index contributed by atoms with van der Waals surface area (Å²) in [6.45, 7) is 1.68. The number of carbonyl (C=O) groups excluding carboxylic acids is 2. The van der Waals surface area contributed by atoms with Crippen LogP contribution < -0.4 is 18.9 Å². The number of nitrogens with zero attached hydrogens (tertiary/aromatic N) is 3. The average molecular weight is 506 g/mol. The van der Waals surface area contributed by atoms with E-state index in [1.807, 2.05) is 10.8 Å². The lowest BCUT2D eigenvalue weighted by molar-refractivity contribution is -0.140. The number of para-hydroxylation sites is 1. The van der Waals surface area contributed by atoms with E-state index in [0.717, 1.165) is 0 Å². The summed E-state index contributed by atoms with van der Waals surface area (Å²) in [5.74, 6) is 0.0638. The van der Waals surface area contributed by atoms with Gasteiger partial charge in [-0.25, -0.2) is 4.98 Å². The largest absolute Gasteiger partial charge is 0.507 e. The topological polar surface area (TPSA) is 112 Å². The zero-order valence-electron chi connectivity index (χ0n) is 20.5. The summed E-state index contributed by atoms with van der Waals surface area (Å²) < 4.78 is 24.2. The summed E-state index contributed by atoms with van der Waals surface area (Å²) in [6.07, 6.45) is 5.77. The Morgan fingerprint density at radius 3 is 2.62 bits per heavy atom. The minimum absolute atomic E-state index is 0.0316. The number of aromatic nitrogens is 2. The fourth-order valence-corrected chi connectivity index (χ4v) is 4.75. The van der Waals surface area contributed by atoms with Gasteiger partial charge in [-0.05, 0) is 30.7 Å². The first-order chi connectivity index (χ1) is 18.0. The van der Waals surface area contributed by atoms with Crippen molar-refractivity contribution in [2.24, 2.45) is 0 Å². The third kappa shape index (κ3) is 4.46. The number of amides is 1. The molecule has 10 nitrogen and oxygen atoms in total. The molecule has 1 saturated heterocycles. The molecule has 0 spiro atoms. The Morgan fingerprint density at radius 1 is 1.08 bits per heavy atom. The van der Waals surface area contributed by atoms with Gasteiger partial charge in [0.1, 0.15) is 19.0 Å². The van der Waals surface area contributed by atoms with E-state index in [0.29, 0.717) is 60.3 Å². The van der Waals surface area contributed by atoms with Crippen molar-refractivity contribution >= 4 is 17.4 Å². The molecule has 192 valence electrons. The fraction of sp³-hybridized carbons (Fsp3) is 0.296. The van der Waals surface area contributed by atoms with Crippen LogP contribution >= 0.6 is 0 Å². The normalized spacial score (nSPS) is 18.2. The molecule has 1 aromatic heterocycles. The summed E-state index contributed by atoms with van der Waals surface area (Å²) in [5.41, 5.74) is 0.839. The van der Waals surface area contributed by atoms with Crippen molar-refractivity contribution in [3.8, 4) is 23.0 Å². The molecule has 10 heteroatoms. The maximum Gasteiger partial charge on any atom is 0.295 e. The lowest BCUT2D eigenvalue weighted by atomic mass is 9.94. The third-order valence-corrected chi connectivity index (χ3v) is 6.46. The molecule has 0 saturated carbocycles. The molecule has 5 rings (SSSR count). The molecule has 1 N–H and O–H groups in total. The summed E-state index contributed by atoms with van der Waals surface area (Å²) in [4.78, 5) is 32.2. The van der Waals surface area contributed by atoms with Crippen LogP contribution in [0.5, 0.6) is 23.0 Å². The van der Waals surface area contributed by atoms with E-state index in [1.165, 1.54) is 19.1 Å². The van der Waals surface area contributed by atoms with Gasteiger partial charge < -0.3 is 33.5 Å². The first-order valence-electron chi connectivity index (χ1n) is 11.9. The van der Waals surface area contributed by atoms with Crippen LogP contribution in [0.4, 0.5) is 0 Å². The molecular formula is C27H27N3O7. The number of aryl methyl sites for hydroxylation is 1. The van der Waals surface area contributed by atoms with Crippen molar-refractivity contribution in [2.75, 3.05) is 34.0 Å². The van der Waals surface area contributed by atoms with Crippen LogP contribution in [0.25, 0.3) is 5.76 Å². The highest BCUT2D eigenvalue weighted by Gasteiger charge is 2.47. The van der Waals surface area contributed by atoms with Crippen LogP contribution in [-0.4, -0.2) is 65.2 Å². The monoisotopic (exact) mass is 505 g/mol. The van der Waals surface area contributed by atoms with Gasteiger partial charge in [0, 0.05) is 36.6 Å². The molecule has 3 aromatic rings. The second-order valence-electron chi connectivity index (χ2n) is 8.59. The summed E-state index contributed by atoms with van der Waals surface area (Å²) in [5, 5.41) is 11.4. The van der Waals surface area contributed by atoms with Gasteiger partial charge in [-0.2, -0.15) is 0 Å². The number of rotatable bonds is 8. The molecule has 1 amide bonds. The summed E-state index contributed by atoms with van der Waals surface area (Å²) in [7, 11) is 3.01. The quantitative estimate of drug-likeness (QED) is 0.282. The highest BCUT2D eigenvalue weighted by atomic mass is 16.6. The van der Waals surface area contributed by atoms with E-state index < -0.39 is 17.7 Å². The molecule has 37 heavy (non-hydrogen) atoms. The number of aliphatic hydroxyl groups is 1. The summed E-state index contributed by atoms with van der Waals surface area (Å²) >= 11 is 0. The minimum Gasteiger partial charge on any atom is -0.507 e. The van der Waals surface area contributed by atoms with Crippen molar-refractivity contribution < 1.29 is 33.6 Å². The van der Waals surface area contributed by atoms with Gasteiger partial charge in [0.15, 0.2) is 23.0 Å². The number of Topliss-reactive ketones (excluding diaryl/α,β-unsaturated/α-hetero) is 1. The van der Waals surface area contributed by atoms with E-state index in [9.17, 15) is 14.7 Å². The molecule has 1 atom stereocenters. The Kier molecular flexibility index (Phi) is 6.72. The number of likely N-dealkylation sites (tertiary alicyclic amines) is 1. The molecule has 2 aliphatic rings. The molecule has 0 aliphatic carbocycles. The van der Waals surface area contributed by atoms with Gasteiger partial charge in [-0.1, -0.05) is 12.1 Å². The maximum atomic E-state index is 13.4. The lowest BCUT2D eigenvalue weighted by Crippen LogP contribution is -2.31. The van der Waals surface area contributed by atoms with Crippen LogP contribution in [0.1, 0.15) is 23.6 Å². The number of hydrogen-bond donors (Lipinski definition) is 1. The second kappa shape index (κ2) is 10.3. The highest BCUT2D eigenvalue weighted by molar-refractivity contribution is 6.46. The van der Waals surface area contributed by atoms with E-state index in [2.05, 4.69) is 4.98 Å². The number of ether oxygens (including phenoxy) is 4. The number of ketones is 1. The molecule has 1 fully saturated rings. The van der Waals surface area contributed by atoms with Crippen molar-refractivity contribution in [2.45, 2.75) is 19.0 Å². The van der Waals surface area contributed by atoms with E-state index >= 15 is 0 Å². The zero-order chi connectivity index (χ0) is 25.9. The van der Waals surface area contributed by atoms with Gasteiger partial charge >= 0.3 is 0 Å². The lowest BCUT2D eigenvalue weighted by Gasteiger charge is -2.27. The van der Waals surface area contributed by atoms with E-state index in [-0.39, 0.29) is 17.9 Å². The van der Waals surface area contributed by atoms with Gasteiger partial charge in [-0.3, -0.25) is 9.59 Å². The summed E-state index contributed by atoms with van der Waals surface area (Å²) in [6, 6.07) is 9.27. The van der Waals surface area contributed by atoms with Crippen LogP contribution in [0.2, 0.25) is 0 Å². The Bertz CT molecular complexity index is 1350. The Balaban J connectivity index is 1.60. The Labute approximate surface area is 213 Å². The number of benzene rings is 2. The standard InChI is InChI=1S/C27H27N3O7/c1-34-20-6-3-5-18(26(20)35-2)23-22(24(31)17-7-8-19-21(15-17)37-14-13-36-19)25(32)27(33)30(23)11-4-10-29-12-9-28-16-29/h3,5-9,12,15-16,23,31H,4,10-11,13-14H2,1-2H3/b24-22+. The van der Waals surface area contributed by atoms with Crippen LogP contribution in [0.15, 0.2) is 60.7 Å². The number of aliphatic hydroxyl groups excluding tert-OH is 1. The Hall–Kier alpha value is -4.47. The molecule has 1 unspecified atom stereocenters. The highest BCUT2D eigenvalue weighted by Crippen LogP contribution is 2.46. The molecule has 2 aromatic carbocycles. The van der Waals surface area contributed by atoms with Crippen LogP contribution in [0.3, 0.4) is 0 Å². The van der Waals surface area contributed by atoms with Crippen molar-refractivity contribution in [3.05, 3.63) is 71.8 Å². The molecule has 0 bridgehead atoms. The van der Waals surface area contributed by atoms with Crippen molar-refractivity contribution in [1.82, 2.24) is 14.5 Å². The predicted molar refractivity (Wildman–Crippen MR) is 133 cm³/mol. The molecule has 3 heterocycles. The maximum absolute atomic E-state index is 13.4. The molecule has 2 aliphatic heterocycles. The number of imidazole rings is 1. The Morgan fingerprint density at radius 2 is 1.89 bits per heavy atom. The predicted octanol–water partition coefficient (Wildman–Crippen LogP) is 3.18. The van der Waals surface area contributed by atoms with Gasteiger partial charge in [0.2, 0.25) is 0 Å². The SMILES string of the molecule is COc1cccc(C2/C(=C(\O)c3ccc4c(c3)OCCO4)C(=O)C(=O)N2CCCn2ccnc2)c1OC.